The van der Waals surface area contributed by atoms with Crippen molar-refractivity contribution in [2.24, 2.45) is 5.73 Å². The maximum atomic E-state index is 13.8. The molecule has 0 radical (unpaired) electrons. The SMILES string of the molecule is N=C(N)c1csc([C@@H](NC(=O)C2CC3(CN2C(=O)CNC(=O)CCCOc2ccccc2)OCCO3)c2ccccc2)c1. The first-order valence-corrected chi connectivity index (χ1v) is 15.0. The fourth-order valence-corrected chi connectivity index (χ4v) is 6.18. The maximum Gasteiger partial charge on any atom is 0.243 e. The number of ether oxygens (including phenoxy) is 3. The van der Waals surface area contributed by atoms with E-state index in [2.05, 4.69) is 10.6 Å². The lowest BCUT2D eigenvalue weighted by Gasteiger charge is -2.26. The highest BCUT2D eigenvalue weighted by Crippen LogP contribution is 2.36. The molecule has 0 aliphatic carbocycles. The molecule has 5 N–H and O–H groups in total. The Bertz CT molecular complexity index is 1430. The van der Waals surface area contributed by atoms with Crippen molar-refractivity contribution in [2.45, 2.75) is 37.1 Å². The molecule has 2 aliphatic rings. The van der Waals surface area contributed by atoms with E-state index in [-0.39, 0.29) is 43.6 Å². The lowest BCUT2D eigenvalue weighted by Crippen LogP contribution is -2.49. The van der Waals surface area contributed by atoms with E-state index in [1.807, 2.05) is 60.7 Å². The topological polar surface area (TPSA) is 156 Å². The van der Waals surface area contributed by atoms with Crippen LogP contribution in [0.4, 0.5) is 0 Å². The molecule has 2 saturated heterocycles. The fraction of sp³-hybridized carbons (Fsp3) is 0.355. The number of nitrogens with zero attached hydrogens (tertiary/aromatic N) is 1. The molecule has 3 heterocycles. The molecular weight excluding hydrogens is 570 g/mol. The summed E-state index contributed by atoms with van der Waals surface area (Å²) in [5.41, 5.74) is 7.10. The summed E-state index contributed by atoms with van der Waals surface area (Å²) in [6.07, 6.45) is 0.853. The zero-order valence-electron chi connectivity index (χ0n) is 23.6. The van der Waals surface area contributed by atoms with E-state index in [9.17, 15) is 14.4 Å². The molecule has 0 bridgehead atoms. The highest BCUT2D eigenvalue weighted by atomic mass is 32.1. The van der Waals surface area contributed by atoms with Gasteiger partial charge in [-0.3, -0.25) is 19.8 Å². The molecule has 5 rings (SSSR count). The van der Waals surface area contributed by atoms with Gasteiger partial charge in [-0.1, -0.05) is 48.5 Å². The van der Waals surface area contributed by atoms with Crippen LogP contribution in [0, 0.1) is 5.41 Å². The normalized spacial score (nSPS) is 17.9. The van der Waals surface area contributed by atoms with Gasteiger partial charge in [-0.25, -0.2) is 0 Å². The van der Waals surface area contributed by atoms with Crippen LogP contribution in [-0.4, -0.2) is 73.2 Å². The lowest BCUT2D eigenvalue weighted by atomic mass is 10.0. The average molecular weight is 606 g/mol. The van der Waals surface area contributed by atoms with Gasteiger partial charge in [-0.05, 0) is 30.2 Å². The molecule has 11 nitrogen and oxygen atoms in total. The third-order valence-electron chi connectivity index (χ3n) is 7.36. The summed E-state index contributed by atoms with van der Waals surface area (Å²) in [5.74, 6) is -1.46. The summed E-state index contributed by atoms with van der Waals surface area (Å²) in [4.78, 5) is 41.9. The molecule has 43 heavy (non-hydrogen) atoms. The number of thiophene rings is 1. The van der Waals surface area contributed by atoms with E-state index in [0.717, 1.165) is 16.2 Å². The van der Waals surface area contributed by atoms with E-state index in [0.29, 0.717) is 31.8 Å². The molecule has 1 unspecified atom stereocenters. The second kappa shape index (κ2) is 13.8. The third-order valence-corrected chi connectivity index (χ3v) is 8.36. The minimum Gasteiger partial charge on any atom is -0.494 e. The second-order valence-electron chi connectivity index (χ2n) is 10.4. The molecule has 2 aliphatic heterocycles. The second-order valence-corrected chi connectivity index (χ2v) is 11.3. The van der Waals surface area contributed by atoms with E-state index < -0.39 is 23.8 Å². The van der Waals surface area contributed by atoms with Crippen molar-refractivity contribution in [1.29, 1.82) is 5.41 Å². The van der Waals surface area contributed by atoms with Crippen molar-refractivity contribution in [3.8, 4) is 5.75 Å². The summed E-state index contributed by atoms with van der Waals surface area (Å²) in [6, 6.07) is 19.2. The first-order chi connectivity index (χ1) is 20.8. The van der Waals surface area contributed by atoms with Crippen molar-refractivity contribution in [3.63, 3.8) is 0 Å². The molecule has 0 saturated carbocycles. The third kappa shape index (κ3) is 7.58. The molecule has 2 fully saturated rings. The summed E-state index contributed by atoms with van der Waals surface area (Å²) in [7, 11) is 0. The van der Waals surface area contributed by atoms with Crippen molar-refractivity contribution < 1.29 is 28.6 Å². The van der Waals surface area contributed by atoms with Gasteiger partial charge in [-0.2, -0.15) is 0 Å². The van der Waals surface area contributed by atoms with Gasteiger partial charge >= 0.3 is 0 Å². The smallest absolute Gasteiger partial charge is 0.243 e. The number of hydrogen-bond donors (Lipinski definition) is 4. The monoisotopic (exact) mass is 605 g/mol. The summed E-state index contributed by atoms with van der Waals surface area (Å²) in [5, 5.41) is 15.3. The summed E-state index contributed by atoms with van der Waals surface area (Å²) < 4.78 is 17.3. The van der Waals surface area contributed by atoms with Crippen LogP contribution in [0.15, 0.2) is 72.1 Å². The molecule has 226 valence electrons. The van der Waals surface area contributed by atoms with Crippen LogP contribution in [0.25, 0.3) is 0 Å². The molecular formula is C31H35N5O6S. The quantitative estimate of drug-likeness (QED) is 0.140. The molecule has 3 amide bonds. The van der Waals surface area contributed by atoms with Gasteiger partial charge in [0, 0.05) is 28.7 Å². The van der Waals surface area contributed by atoms with Crippen LogP contribution < -0.4 is 21.1 Å². The minimum absolute atomic E-state index is 0.0588. The Balaban J connectivity index is 1.23. The van der Waals surface area contributed by atoms with Crippen molar-refractivity contribution in [1.82, 2.24) is 15.5 Å². The predicted octanol–water partition coefficient (Wildman–Crippen LogP) is 2.56. The fourth-order valence-electron chi connectivity index (χ4n) is 5.19. The zero-order valence-corrected chi connectivity index (χ0v) is 24.4. The van der Waals surface area contributed by atoms with Gasteiger partial charge < -0.3 is 35.5 Å². The van der Waals surface area contributed by atoms with Crippen LogP contribution in [-0.2, 0) is 23.9 Å². The molecule has 2 aromatic carbocycles. The number of nitrogens with one attached hydrogen (secondary N) is 3. The van der Waals surface area contributed by atoms with Crippen LogP contribution in [0.1, 0.15) is 41.3 Å². The van der Waals surface area contributed by atoms with Gasteiger partial charge in [0.05, 0.1) is 39.0 Å². The number of likely N-dealkylation sites (tertiary alicyclic amines) is 1. The van der Waals surface area contributed by atoms with Gasteiger partial charge in [0.25, 0.3) is 0 Å². The van der Waals surface area contributed by atoms with Crippen LogP contribution in [0.5, 0.6) is 5.75 Å². The number of benzene rings is 2. The van der Waals surface area contributed by atoms with E-state index in [1.54, 1.807) is 11.4 Å². The van der Waals surface area contributed by atoms with Crippen molar-refractivity contribution >= 4 is 34.9 Å². The number of nitrogen functional groups attached to an aromatic ring is 1. The van der Waals surface area contributed by atoms with E-state index >= 15 is 0 Å². The Kier molecular flexibility index (Phi) is 9.70. The Morgan fingerprint density at radius 2 is 1.79 bits per heavy atom. The van der Waals surface area contributed by atoms with Gasteiger partial charge in [0.2, 0.25) is 17.7 Å². The average Bonchev–Trinajstić information content (AvgIpc) is 3.79. The van der Waals surface area contributed by atoms with Crippen molar-refractivity contribution in [2.75, 3.05) is 32.9 Å². The molecule has 2 atom stereocenters. The number of carbonyl (C=O) groups excluding carboxylic acids is 3. The molecule has 3 aromatic rings. The Morgan fingerprint density at radius 3 is 2.47 bits per heavy atom. The standard InChI is InChI=1S/C31H35N5O6S/c32-29(33)22-16-25(43-19-22)28(21-8-3-1-4-9-21)35-30(39)24-17-31(41-14-15-42-31)20-36(24)27(38)18-34-26(37)12-7-13-40-23-10-5-2-6-11-23/h1-6,8-11,16,19,24,28H,7,12-15,17-18,20H2,(H3,32,33)(H,34,37)(H,35,39)/t24?,28-/m0/s1. The predicted molar refractivity (Wildman–Crippen MR) is 161 cm³/mol. The van der Waals surface area contributed by atoms with E-state index in [4.69, 9.17) is 25.4 Å². The van der Waals surface area contributed by atoms with Gasteiger partial charge in [0.15, 0.2) is 5.79 Å². The number of rotatable bonds is 12. The van der Waals surface area contributed by atoms with Crippen LogP contribution in [0.3, 0.4) is 0 Å². The Hall–Kier alpha value is -4.26. The Morgan fingerprint density at radius 1 is 1.09 bits per heavy atom. The number of amides is 3. The van der Waals surface area contributed by atoms with E-state index in [1.165, 1.54) is 16.2 Å². The first kappa shape index (κ1) is 30.2. The molecule has 1 aromatic heterocycles. The van der Waals surface area contributed by atoms with Crippen molar-refractivity contribution in [3.05, 3.63) is 88.1 Å². The Labute approximate surface area is 253 Å². The first-order valence-electron chi connectivity index (χ1n) is 14.1. The molecule has 12 heteroatoms. The largest absolute Gasteiger partial charge is 0.494 e. The summed E-state index contributed by atoms with van der Waals surface area (Å²) >= 11 is 1.39. The number of carbonyl (C=O) groups is 3. The number of hydrogen-bond acceptors (Lipinski definition) is 8. The van der Waals surface area contributed by atoms with Gasteiger partial charge in [-0.15, -0.1) is 11.3 Å². The van der Waals surface area contributed by atoms with Gasteiger partial charge in [0.1, 0.15) is 17.6 Å². The number of para-hydroxylation sites is 1. The van der Waals surface area contributed by atoms with Crippen LogP contribution in [0.2, 0.25) is 0 Å². The highest BCUT2D eigenvalue weighted by Gasteiger charge is 2.52. The highest BCUT2D eigenvalue weighted by molar-refractivity contribution is 7.10. The maximum absolute atomic E-state index is 13.8. The lowest BCUT2D eigenvalue weighted by molar-refractivity contribution is -0.152. The minimum atomic E-state index is -1.07. The summed E-state index contributed by atoms with van der Waals surface area (Å²) in [6.45, 7) is 0.931. The van der Waals surface area contributed by atoms with Crippen LogP contribution >= 0.6 is 11.3 Å². The number of amidine groups is 1. The molecule has 1 spiro atoms. The zero-order chi connectivity index (χ0) is 30.2. The number of nitrogens with two attached hydrogens (primary N) is 1.